The molecular formula is C7H6O3. The number of rotatable bonds is 2. The quantitative estimate of drug-likeness (QED) is 0.457. The topological polar surface area (TPSA) is 47.3 Å². The van der Waals surface area contributed by atoms with E-state index in [2.05, 4.69) is 0 Å². The van der Waals surface area contributed by atoms with E-state index >= 15 is 0 Å². The first-order chi connectivity index (χ1) is 4.74. The second-order valence-electron chi connectivity index (χ2n) is 1.92. The van der Waals surface area contributed by atoms with Gasteiger partial charge in [0.25, 0.3) is 0 Å². The van der Waals surface area contributed by atoms with Gasteiger partial charge in [0.05, 0.1) is 5.56 Å². The van der Waals surface area contributed by atoms with E-state index in [0.717, 1.165) is 0 Å². The SMILES string of the molecule is CC(=O)c1cc(C=O)co1. The first-order valence-corrected chi connectivity index (χ1v) is 2.78. The molecule has 0 radical (unpaired) electrons. The van der Waals surface area contributed by atoms with E-state index in [-0.39, 0.29) is 11.5 Å². The number of carbonyl (C=O) groups excluding carboxylic acids is 2. The summed E-state index contributed by atoms with van der Waals surface area (Å²) in [6, 6.07) is 1.41. The Morgan fingerprint density at radius 2 is 2.40 bits per heavy atom. The fourth-order valence-corrected chi connectivity index (χ4v) is 0.597. The highest BCUT2D eigenvalue weighted by Crippen LogP contribution is 2.05. The van der Waals surface area contributed by atoms with E-state index in [1.165, 1.54) is 19.3 Å². The van der Waals surface area contributed by atoms with Gasteiger partial charge in [-0.2, -0.15) is 0 Å². The molecule has 1 rings (SSSR count). The Bertz CT molecular complexity index is 260. The van der Waals surface area contributed by atoms with Crippen molar-refractivity contribution in [2.75, 3.05) is 0 Å². The highest BCUT2D eigenvalue weighted by molar-refractivity contribution is 5.93. The molecule has 1 aromatic heterocycles. The van der Waals surface area contributed by atoms with Crippen LogP contribution in [0.1, 0.15) is 27.8 Å². The molecular weight excluding hydrogens is 132 g/mol. The molecule has 3 nitrogen and oxygen atoms in total. The molecule has 0 N–H and O–H groups in total. The van der Waals surface area contributed by atoms with Crippen LogP contribution in [-0.2, 0) is 0 Å². The third-order valence-electron chi connectivity index (χ3n) is 1.10. The van der Waals surface area contributed by atoms with Gasteiger partial charge in [0.2, 0.25) is 0 Å². The van der Waals surface area contributed by atoms with Crippen LogP contribution in [0, 0.1) is 0 Å². The monoisotopic (exact) mass is 138 g/mol. The van der Waals surface area contributed by atoms with Crippen LogP contribution in [0.15, 0.2) is 16.7 Å². The van der Waals surface area contributed by atoms with Crippen LogP contribution in [0.5, 0.6) is 0 Å². The van der Waals surface area contributed by atoms with Crippen molar-refractivity contribution in [1.29, 1.82) is 0 Å². The highest BCUT2D eigenvalue weighted by atomic mass is 16.3. The summed E-state index contributed by atoms with van der Waals surface area (Å²) in [4.78, 5) is 20.6. The number of hydrogen-bond donors (Lipinski definition) is 0. The van der Waals surface area contributed by atoms with Crippen molar-refractivity contribution in [3.05, 3.63) is 23.7 Å². The third-order valence-corrected chi connectivity index (χ3v) is 1.10. The lowest BCUT2D eigenvalue weighted by Crippen LogP contribution is -1.86. The highest BCUT2D eigenvalue weighted by Gasteiger charge is 2.03. The summed E-state index contributed by atoms with van der Waals surface area (Å²) in [5.41, 5.74) is 0.394. The summed E-state index contributed by atoms with van der Waals surface area (Å²) in [6.45, 7) is 1.38. The molecule has 0 atom stereocenters. The Balaban J connectivity index is 2.98. The van der Waals surface area contributed by atoms with Gasteiger partial charge in [0.1, 0.15) is 6.26 Å². The van der Waals surface area contributed by atoms with Gasteiger partial charge in [-0.05, 0) is 6.07 Å². The molecule has 52 valence electrons. The molecule has 0 spiro atoms. The Morgan fingerprint density at radius 1 is 1.70 bits per heavy atom. The molecule has 0 aromatic carbocycles. The smallest absolute Gasteiger partial charge is 0.194 e. The van der Waals surface area contributed by atoms with Gasteiger partial charge < -0.3 is 4.42 Å². The van der Waals surface area contributed by atoms with Crippen LogP contribution in [0.2, 0.25) is 0 Å². The zero-order valence-corrected chi connectivity index (χ0v) is 5.46. The molecule has 10 heavy (non-hydrogen) atoms. The number of aldehydes is 1. The lowest BCUT2D eigenvalue weighted by atomic mass is 10.3. The predicted molar refractivity (Wildman–Crippen MR) is 34.1 cm³/mol. The Kier molecular flexibility index (Phi) is 1.67. The van der Waals surface area contributed by atoms with Gasteiger partial charge in [-0.25, -0.2) is 0 Å². The van der Waals surface area contributed by atoms with E-state index in [1.54, 1.807) is 0 Å². The predicted octanol–water partition coefficient (Wildman–Crippen LogP) is 1.29. The van der Waals surface area contributed by atoms with Crippen LogP contribution in [0.3, 0.4) is 0 Å². The lowest BCUT2D eigenvalue weighted by Gasteiger charge is -1.80. The zero-order chi connectivity index (χ0) is 7.56. The minimum absolute atomic E-state index is 0.173. The summed E-state index contributed by atoms with van der Waals surface area (Å²) in [6.07, 6.45) is 1.89. The minimum atomic E-state index is -0.173. The second-order valence-corrected chi connectivity index (χ2v) is 1.92. The molecule has 0 bridgehead atoms. The number of furan rings is 1. The van der Waals surface area contributed by atoms with Gasteiger partial charge in [-0.3, -0.25) is 9.59 Å². The van der Waals surface area contributed by atoms with Crippen LogP contribution >= 0.6 is 0 Å². The molecule has 0 unspecified atom stereocenters. The molecule has 3 heteroatoms. The number of Topliss-reactive ketones (excluding diaryl/α,β-unsaturated/α-hetero) is 1. The summed E-state index contributed by atoms with van der Waals surface area (Å²) in [5, 5.41) is 0. The Labute approximate surface area is 57.6 Å². The van der Waals surface area contributed by atoms with Crippen LogP contribution in [-0.4, -0.2) is 12.1 Å². The largest absolute Gasteiger partial charge is 0.460 e. The summed E-state index contributed by atoms with van der Waals surface area (Å²) in [7, 11) is 0. The van der Waals surface area contributed by atoms with E-state index in [9.17, 15) is 9.59 Å². The minimum Gasteiger partial charge on any atom is -0.460 e. The average molecular weight is 138 g/mol. The molecule has 0 fully saturated rings. The fraction of sp³-hybridized carbons (Fsp3) is 0.143. The van der Waals surface area contributed by atoms with Crippen molar-refractivity contribution < 1.29 is 14.0 Å². The summed E-state index contributed by atoms with van der Waals surface area (Å²) < 4.78 is 4.74. The first-order valence-electron chi connectivity index (χ1n) is 2.78. The Morgan fingerprint density at radius 3 is 2.70 bits per heavy atom. The van der Waals surface area contributed by atoms with E-state index in [1.807, 2.05) is 0 Å². The maximum Gasteiger partial charge on any atom is 0.194 e. The average Bonchev–Trinajstić information content (AvgIpc) is 2.34. The zero-order valence-electron chi connectivity index (χ0n) is 5.46. The van der Waals surface area contributed by atoms with Crippen molar-refractivity contribution in [3.8, 4) is 0 Å². The van der Waals surface area contributed by atoms with Crippen LogP contribution in [0.25, 0.3) is 0 Å². The van der Waals surface area contributed by atoms with E-state index in [0.29, 0.717) is 11.8 Å². The molecule has 1 heterocycles. The number of ketones is 1. The lowest BCUT2D eigenvalue weighted by molar-refractivity contribution is 0.0987. The van der Waals surface area contributed by atoms with E-state index < -0.39 is 0 Å². The van der Waals surface area contributed by atoms with Gasteiger partial charge in [-0.15, -0.1) is 0 Å². The molecule has 0 aliphatic rings. The van der Waals surface area contributed by atoms with Crippen molar-refractivity contribution >= 4 is 12.1 Å². The van der Waals surface area contributed by atoms with Gasteiger partial charge in [0, 0.05) is 6.92 Å². The number of hydrogen-bond acceptors (Lipinski definition) is 3. The van der Waals surface area contributed by atoms with Crippen molar-refractivity contribution in [3.63, 3.8) is 0 Å². The standard InChI is InChI=1S/C7H6O3/c1-5(9)7-2-6(3-8)4-10-7/h2-4H,1H3. The summed E-state index contributed by atoms with van der Waals surface area (Å²) >= 11 is 0. The third kappa shape index (κ3) is 1.13. The van der Waals surface area contributed by atoms with Gasteiger partial charge >= 0.3 is 0 Å². The molecule has 0 saturated heterocycles. The maximum atomic E-state index is 10.6. The van der Waals surface area contributed by atoms with Crippen LogP contribution < -0.4 is 0 Å². The van der Waals surface area contributed by atoms with Gasteiger partial charge in [0.15, 0.2) is 17.8 Å². The second kappa shape index (κ2) is 2.47. The van der Waals surface area contributed by atoms with Crippen LogP contribution in [0.4, 0.5) is 0 Å². The maximum absolute atomic E-state index is 10.6. The molecule has 0 amide bonds. The van der Waals surface area contributed by atoms with E-state index in [4.69, 9.17) is 4.42 Å². The number of carbonyl (C=O) groups is 2. The fourth-order valence-electron chi connectivity index (χ4n) is 0.597. The molecule has 0 aliphatic carbocycles. The first kappa shape index (κ1) is 6.74. The normalized spacial score (nSPS) is 9.30. The molecule has 1 aromatic rings. The van der Waals surface area contributed by atoms with Crippen molar-refractivity contribution in [2.24, 2.45) is 0 Å². The summed E-state index contributed by atoms with van der Waals surface area (Å²) in [5.74, 6) is 0.0511. The molecule has 0 aliphatic heterocycles. The van der Waals surface area contributed by atoms with Crippen molar-refractivity contribution in [1.82, 2.24) is 0 Å². The van der Waals surface area contributed by atoms with Gasteiger partial charge in [-0.1, -0.05) is 0 Å². The molecule has 0 saturated carbocycles. The van der Waals surface area contributed by atoms with Crippen molar-refractivity contribution in [2.45, 2.75) is 6.92 Å². The Hall–Kier alpha value is -1.38.